The van der Waals surface area contributed by atoms with Crippen LogP contribution < -0.4 is 5.32 Å². The summed E-state index contributed by atoms with van der Waals surface area (Å²) in [6.07, 6.45) is 0.999. The van der Waals surface area contributed by atoms with E-state index < -0.39 is 0 Å². The van der Waals surface area contributed by atoms with E-state index in [-0.39, 0.29) is 0 Å². The standard InChI is InChI=1S/C12H13ClN2S/c1-9-3-2-4-10(7-9)5-6-14-12-15-11(13)8-16-12/h2-4,7-8H,5-6H2,1H3,(H,14,15). The fourth-order valence-electron chi connectivity index (χ4n) is 1.52. The maximum atomic E-state index is 5.74. The van der Waals surface area contributed by atoms with Crippen molar-refractivity contribution in [1.82, 2.24) is 4.98 Å². The summed E-state index contributed by atoms with van der Waals surface area (Å²) in [4.78, 5) is 4.13. The Bertz CT molecular complexity index is 468. The van der Waals surface area contributed by atoms with Gasteiger partial charge in [0.15, 0.2) is 5.13 Å². The zero-order valence-corrected chi connectivity index (χ0v) is 10.6. The minimum atomic E-state index is 0.558. The summed E-state index contributed by atoms with van der Waals surface area (Å²) in [5.41, 5.74) is 2.64. The minimum absolute atomic E-state index is 0.558. The number of rotatable bonds is 4. The molecule has 0 unspecified atom stereocenters. The fraction of sp³-hybridized carbons (Fsp3) is 0.250. The normalized spacial score (nSPS) is 10.4. The maximum absolute atomic E-state index is 5.74. The molecule has 84 valence electrons. The first-order chi connectivity index (χ1) is 7.74. The molecule has 0 spiro atoms. The molecule has 1 N–H and O–H groups in total. The molecule has 0 saturated heterocycles. The summed E-state index contributed by atoms with van der Waals surface area (Å²) in [5.74, 6) is 0. The first kappa shape index (κ1) is 11.4. The minimum Gasteiger partial charge on any atom is -0.361 e. The Morgan fingerprint density at radius 3 is 3.00 bits per heavy atom. The van der Waals surface area contributed by atoms with Crippen LogP contribution in [-0.2, 0) is 6.42 Å². The Morgan fingerprint density at radius 1 is 1.44 bits per heavy atom. The van der Waals surface area contributed by atoms with Crippen molar-refractivity contribution in [3.63, 3.8) is 0 Å². The van der Waals surface area contributed by atoms with Crippen LogP contribution in [0.15, 0.2) is 29.6 Å². The van der Waals surface area contributed by atoms with Gasteiger partial charge in [-0.1, -0.05) is 41.4 Å². The van der Waals surface area contributed by atoms with E-state index in [1.165, 1.54) is 22.5 Å². The molecule has 0 fully saturated rings. The van der Waals surface area contributed by atoms with E-state index in [9.17, 15) is 0 Å². The van der Waals surface area contributed by atoms with Gasteiger partial charge in [0.25, 0.3) is 0 Å². The monoisotopic (exact) mass is 252 g/mol. The number of nitrogens with one attached hydrogen (secondary N) is 1. The molecule has 0 aliphatic rings. The van der Waals surface area contributed by atoms with Gasteiger partial charge in [0.1, 0.15) is 5.15 Å². The smallest absolute Gasteiger partial charge is 0.184 e. The molecule has 1 heterocycles. The van der Waals surface area contributed by atoms with E-state index in [0.29, 0.717) is 5.15 Å². The van der Waals surface area contributed by atoms with Gasteiger partial charge in [-0.2, -0.15) is 0 Å². The van der Waals surface area contributed by atoms with E-state index in [1.807, 2.05) is 5.38 Å². The predicted octanol–water partition coefficient (Wildman–Crippen LogP) is 3.76. The lowest BCUT2D eigenvalue weighted by molar-refractivity contribution is 1.01. The van der Waals surface area contributed by atoms with Crippen LogP contribution in [0.2, 0.25) is 5.15 Å². The summed E-state index contributed by atoms with van der Waals surface area (Å²) in [6, 6.07) is 8.54. The largest absolute Gasteiger partial charge is 0.361 e. The van der Waals surface area contributed by atoms with Crippen molar-refractivity contribution in [3.05, 3.63) is 45.9 Å². The van der Waals surface area contributed by atoms with Crippen LogP contribution in [0.3, 0.4) is 0 Å². The zero-order valence-electron chi connectivity index (χ0n) is 9.03. The lowest BCUT2D eigenvalue weighted by atomic mass is 10.1. The second-order valence-corrected chi connectivity index (χ2v) is 4.89. The highest BCUT2D eigenvalue weighted by Crippen LogP contribution is 2.18. The van der Waals surface area contributed by atoms with Gasteiger partial charge < -0.3 is 5.32 Å². The third-order valence-corrected chi connectivity index (χ3v) is 3.37. The van der Waals surface area contributed by atoms with Gasteiger partial charge in [-0.25, -0.2) is 4.98 Å². The second kappa shape index (κ2) is 5.32. The van der Waals surface area contributed by atoms with E-state index in [1.54, 1.807) is 0 Å². The molecule has 0 atom stereocenters. The van der Waals surface area contributed by atoms with Crippen LogP contribution in [0, 0.1) is 6.92 Å². The van der Waals surface area contributed by atoms with Crippen LogP contribution >= 0.6 is 22.9 Å². The van der Waals surface area contributed by atoms with Crippen molar-refractivity contribution in [1.29, 1.82) is 0 Å². The molecule has 0 amide bonds. The number of anilines is 1. The van der Waals surface area contributed by atoms with Crippen molar-refractivity contribution >= 4 is 28.1 Å². The summed E-state index contributed by atoms with van der Waals surface area (Å²) >= 11 is 7.27. The number of benzene rings is 1. The van der Waals surface area contributed by atoms with Crippen molar-refractivity contribution in [2.45, 2.75) is 13.3 Å². The quantitative estimate of drug-likeness (QED) is 0.896. The highest BCUT2D eigenvalue weighted by Gasteiger charge is 1.98. The molecule has 1 aromatic heterocycles. The van der Waals surface area contributed by atoms with Crippen molar-refractivity contribution in [2.75, 3.05) is 11.9 Å². The van der Waals surface area contributed by atoms with Crippen molar-refractivity contribution < 1.29 is 0 Å². The summed E-state index contributed by atoms with van der Waals surface area (Å²) in [5, 5.41) is 6.53. The lowest BCUT2D eigenvalue weighted by Gasteiger charge is -2.03. The van der Waals surface area contributed by atoms with Crippen molar-refractivity contribution in [2.24, 2.45) is 0 Å². The Labute approximate surface area is 104 Å². The molecule has 2 rings (SSSR count). The van der Waals surface area contributed by atoms with Gasteiger partial charge in [-0.15, -0.1) is 11.3 Å². The maximum Gasteiger partial charge on any atom is 0.184 e. The van der Waals surface area contributed by atoms with Gasteiger partial charge in [0.2, 0.25) is 0 Å². The molecule has 1 aromatic carbocycles. The predicted molar refractivity (Wildman–Crippen MR) is 70.5 cm³/mol. The number of nitrogens with zero attached hydrogens (tertiary/aromatic N) is 1. The number of thiazole rings is 1. The van der Waals surface area contributed by atoms with E-state index in [2.05, 4.69) is 41.5 Å². The number of aromatic nitrogens is 1. The molecule has 2 nitrogen and oxygen atoms in total. The highest BCUT2D eigenvalue weighted by atomic mass is 35.5. The third kappa shape index (κ3) is 3.22. The number of aryl methyl sites for hydroxylation is 1. The van der Waals surface area contributed by atoms with E-state index >= 15 is 0 Å². The Kier molecular flexibility index (Phi) is 3.80. The van der Waals surface area contributed by atoms with E-state index in [0.717, 1.165) is 18.1 Å². The van der Waals surface area contributed by atoms with Crippen molar-refractivity contribution in [3.8, 4) is 0 Å². The van der Waals surface area contributed by atoms with Crippen LogP contribution in [0.5, 0.6) is 0 Å². The molecule has 0 aliphatic carbocycles. The Morgan fingerprint density at radius 2 is 2.31 bits per heavy atom. The molecule has 0 aliphatic heterocycles. The lowest BCUT2D eigenvalue weighted by Crippen LogP contribution is -2.04. The average molecular weight is 253 g/mol. The molecule has 0 radical (unpaired) electrons. The van der Waals surface area contributed by atoms with Gasteiger partial charge in [-0.3, -0.25) is 0 Å². The molecular formula is C12H13ClN2S. The van der Waals surface area contributed by atoms with Gasteiger partial charge >= 0.3 is 0 Å². The summed E-state index contributed by atoms with van der Waals surface area (Å²) in [7, 11) is 0. The Hall–Kier alpha value is -1.06. The second-order valence-electron chi connectivity index (χ2n) is 3.64. The van der Waals surface area contributed by atoms with Crippen LogP contribution in [0.1, 0.15) is 11.1 Å². The number of hydrogen-bond acceptors (Lipinski definition) is 3. The molecule has 16 heavy (non-hydrogen) atoms. The Balaban J connectivity index is 1.84. The van der Waals surface area contributed by atoms with Gasteiger partial charge in [-0.05, 0) is 18.9 Å². The molecule has 0 saturated carbocycles. The summed E-state index contributed by atoms with van der Waals surface area (Å²) < 4.78 is 0. The van der Waals surface area contributed by atoms with Crippen LogP contribution in [0.4, 0.5) is 5.13 Å². The average Bonchev–Trinajstić information content (AvgIpc) is 2.64. The zero-order chi connectivity index (χ0) is 11.4. The first-order valence-corrected chi connectivity index (χ1v) is 6.40. The van der Waals surface area contributed by atoms with Crippen LogP contribution in [-0.4, -0.2) is 11.5 Å². The van der Waals surface area contributed by atoms with Crippen LogP contribution in [0.25, 0.3) is 0 Å². The SMILES string of the molecule is Cc1cccc(CCNc2nc(Cl)cs2)c1. The summed E-state index contributed by atoms with van der Waals surface area (Å²) in [6.45, 7) is 2.99. The topological polar surface area (TPSA) is 24.9 Å². The van der Waals surface area contributed by atoms with Gasteiger partial charge in [0.05, 0.1) is 0 Å². The van der Waals surface area contributed by atoms with Gasteiger partial charge in [0, 0.05) is 11.9 Å². The molecule has 0 bridgehead atoms. The third-order valence-electron chi connectivity index (χ3n) is 2.25. The highest BCUT2D eigenvalue weighted by molar-refractivity contribution is 7.14. The first-order valence-electron chi connectivity index (χ1n) is 5.14. The number of halogens is 1. The number of hydrogen-bond donors (Lipinski definition) is 1. The molecule has 4 heteroatoms. The van der Waals surface area contributed by atoms with E-state index in [4.69, 9.17) is 11.6 Å². The molecular weight excluding hydrogens is 240 g/mol. The molecule has 2 aromatic rings. The fourth-order valence-corrected chi connectivity index (χ4v) is 2.38.